The monoisotopic (exact) mass is 333 g/mol. The molecule has 3 rings (SSSR count). The molecular formula is C22H27N3. The molecule has 1 aromatic heterocycles. The van der Waals surface area contributed by atoms with Gasteiger partial charge >= 0.3 is 0 Å². The summed E-state index contributed by atoms with van der Waals surface area (Å²) in [5.74, 6) is 0.501. The van der Waals surface area contributed by atoms with Crippen molar-refractivity contribution in [3.05, 3.63) is 82.7 Å². The first-order valence-corrected chi connectivity index (χ1v) is 8.93. The van der Waals surface area contributed by atoms with Crippen molar-refractivity contribution in [2.75, 3.05) is 6.54 Å². The lowest BCUT2D eigenvalue weighted by Gasteiger charge is -2.20. The Morgan fingerprint density at radius 2 is 1.72 bits per heavy atom. The van der Waals surface area contributed by atoms with Crippen molar-refractivity contribution < 1.29 is 0 Å². The van der Waals surface area contributed by atoms with Gasteiger partial charge in [0.15, 0.2) is 0 Å². The molecular weight excluding hydrogens is 306 g/mol. The van der Waals surface area contributed by atoms with Crippen LogP contribution in [0.1, 0.15) is 53.8 Å². The van der Waals surface area contributed by atoms with Crippen molar-refractivity contribution in [2.24, 2.45) is 5.73 Å². The summed E-state index contributed by atoms with van der Waals surface area (Å²) in [6.45, 7) is 9.20. The van der Waals surface area contributed by atoms with E-state index in [2.05, 4.69) is 68.8 Å². The number of aryl methyl sites for hydroxylation is 2. The molecule has 0 fully saturated rings. The van der Waals surface area contributed by atoms with E-state index in [9.17, 15) is 0 Å². The first kappa shape index (κ1) is 17.4. The van der Waals surface area contributed by atoms with Crippen LogP contribution in [0.5, 0.6) is 0 Å². The maximum Gasteiger partial charge on any atom is 0.0657 e. The van der Waals surface area contributed by atoms with Crippen molar-refractivity contribution in [1.29, 1.82) is 0 Å². The SMILES string of the molecule is Cc1ccc(C)c(C(CN)c2cc(C(C)C)nn2-c2ccccc2)c1. The molecule has 1 unspecified atom stereocenters. The molecule has 0 aliphatic carbocycles. The van der Waals surface area contributed by atoms with E-state index in [4.69, 9.17) is 10.8 Å². The Morgan fingerprint density at radius 1 is 1.00 bits per heavy atom. The summed E-state index contributed by atoms with van der Waals surface area (Å²) < 4.78 is 2.06. The molecule has 0 aliphatic rings. The van der Waals surface area contributed by atoms with Gasteiger partial charge in [0, 0.05) is 12.5 Å². The molecule has 2 N–H and O–H groups in total. The summed E-state index contributed by atoms with van der Waals surface area (Å²) in [5.41, 5.74) is 13.4. The van der Waals surface area contributed by atoms with Gasteiger partial charge < -0.3 is 5.73 Å². The Bertz CT molecular complexity index is 847. The Kier molecular flexibility index (Phi) is 5.05. The summed E-state index contributed by atoms with van der Waals surface area (Å²) in [6.07, 6.45) is 0. The normalized spacial score (nSPS) is 12.6. The minimum atomic E-state index is 0.125. The quantitative estimate of drug-likeness (QED) is 0.735. The van der Waals surface area contributed by atoms with Gasteiger partial charge in [0.25, 0.3) is 0 Å². The average Bonchev–Trinajstić information content (AvgIpc) is 3.05. The van der Waals surface area contributed by atoms with Crippen molar-refractivity contribution >= 4 is 0 Å². The standard InChI is InChI=1S/C22H27N3/c1-15(2)21-13-22(25(24-21)18-8-6-5-7-9-18)20(14-23)19-12-16(3)10-11-17(19)4/h5-13,15,20H,14,23H2,1-4H3. The molecule has 130 valence electrons. The Hall–Kier alpha value is -2.39. The Balaban J connectivity index is 2.18. The first-order valence-electron chi connectivity index (χ1n) is 8.93. The molecule has 3 heteroatoms. The van der Waals surface area contributed by atoms with Gasteiger partial charge in [-0.05, 0) is 49.1 Å². The number of benzene rings is 2. The predicted octanol–water partition coefficient (Wildman–Crippen LogP) is 4.70. The van der Waals surface area contributed by atoms with Crippen molar-refractivity contribution in [2.45, 2.75) is 39.5 Å². The zero-order valence-corrected chi connectivity index (χ0v) is 15.5. The van der Waals surface area contributed by atoms with Crippen LogP contribution in [0.3, 0.4) is 0 Å². The van der Waals surface area contributed by atoms with E-state index in [1.54, 1.807) is 0 Å². The Labute approximate surface area is 150 Å². The first-order chi connectivity index (χ1) is 12.0. The van der Waals surface area contributed by atoms with E-state index in [1.807, 2.05) is 18.2 Å². The molecule has 0 saturated carbocycles. The molecule has 0 radical (unpaired) electrons. The van der Waals surface area contributed by atoms with E-state index in [0.717, 1.165) is 17.1 Å². The summed E-state index contributed by atoms with van der Waals surface area (Å²) in [7, 11) is 0. The van der Waals surface area contributed by atoms with Crippen LogP contribution in [-0.2, 0) is 0 Å². The lowest BCUT2D eigenvalue weighted by Crippen LogP contribution is -2.18. The third-order valence-corrected chi connectivity index (χ3v) is 4.75. The molecule has 0 aliphatic heterocycles. The fraction of sp³-hybridized carbons (Fsp3) is 0.318. The lowest BCUT2D eigenvalue weighted by atomic mass is 9.90. The number of aromatic nitrogens is 2. The summed E-state index contributed by atoms with van der Waals surface area (Å²) in [5, 5.41) is 4.89. The van der Waals surface area contributed by atoms with Gasteiger partial charge in [-0.25, -0.2) is 4.68 Å². The summed E-state index contributed by atoms with van der Waals surface area (Å²) >= 11 is 0. The second-order valence-electron chi connectivity index (χ2n) is 7.04. The van der Waals surface area contributed by atoms with Gasteiger partial charge in [0.1, 0.15) is 0 Å². The zero-order valence-electron chi connectivity index (χ0n) is 15.5. The van der Waals surface area contributed by atoms with Crippen LogP contribution in [0.15, 0.2) is 54.6 Å². The highest BCUT2D eigenvalue weighted by Crippen LogP contribution is 2.31. The fourth-order valence-electron chi connectivity index (χ4n) is 3.26. The van der Waals surface area contributed by atoms with Crippen LogP contribution in [0, 0.1) is 13.8 Å². The van der Waals surface area contributed by atoms with Crippen molar-refractivity contribution in [3.8, 4) is 5.69 Å². The number of nitrogens with zero attached hydrogens (tertiary/aromatic N) is 2. The van der Waals surface area contributed by atoms with Gasteiger partial charge in [-0.2, -0.15) is 5.10 Å². The zero-order chi connectivity index (χ0) is 18.0. The summed E-state index contributed by atoms with van der Waals surface area (Å²) in [6, 6.07) is 19.1. The van der Waals surface area contributed by atoms with Gasteiger partial charge in [0.05, 0.1) is 17.1 Å². The smallest absolute Gasteiger partial charge is 0.0657 e. The van der Waals surface area contributed by atoms with Crippen LogP contribution in [0.4, 0.5) is 0 Å². The molecule has 2 aromatic carbocycles. The molecule has 1 atom stereocenters. The highest BCUT2D eigenvalue weighted by molar-refractivity contribution is 5.42. The highest BCUT2D eigenvalue weighted by Gasteiger charge is 2.22. The van der Waals surface area contributed by atoms with Crippen LogP contribution in [0.2, 0.25) is 0 Å². The Morgan fingerprint density at radius 3 is 2.36 bits per heavy atom. The average molecular weight is 333 g/mol. The van der Waals surface area contributed by atoms with Gasteiger partial charge in [0.2, 0.25) is 0 Å². The molecule has 0 amide bonds. The molecule has 0 bridgehead atoms. The number of para-hydroxylation sites is 1. The van der Waals surface area contributed by atoms with Crippen LogP contribution in [0.25, 0.3) is 5.69 Å². The third kappa shape index (κ3) is 3.52. The van der Waals surface area contributed by atoms with Gasteiger partial charge in [-0.1, -0.05) is 55.8 Å². The van der Waals surface area contributed by atoms with E-state index in [0.29, 0.717) is 12.5 Å². The number of hydrogen-bond acceptors (Lipinski definition) is 2. The molecule has 0 saturated heterocycles. The van der Waals surface area contributed by atoms with Crippen LogP contribution in [-0.4, -0.2) is 16.3 Å². The topological polar surface area (TPSA) is 43.8 Å². The molecule has 3 aromatic rings. The molecule has 1 heterocycles. The number of rotatable bonds is 5. The van der Waals surface area contributed by atoms with Crippen LogP contribution < -0.4 is 5.73 Å². The van der Waals surface area contributed by atoms with Gasteiger partial charge in [-0.15, -0.1) is 0 Å². The van der Waals surface area contributed by atoms with E-state index in [1.165, 1.54) is 16.7 Å². The van der Waals surface area contributed by atoms with E-state index < -0.39 is 0 Å². The maximum absolute atomic E-state index is 6.25. The van der Waals surface area contributed by atoms with E-state index in [-0.39, 0.29) is 5.92 Å². The van der Waals surface area contributed by atoms with Crippen molar-refractivity contribution in [1.82, 2.24) is 9.78 Å². The minimum Gasteiger partial charge on any atom is -0.329 e. The fourth-order valence-corrected chi connectivity index (χ4v) is 3.26. The molecule has 0 spiro atoms. The highest BCUT2D eigenvalue weighted by atomic mass is 15.3. The third-order valence-electron chi connectivity index (χ3n) is 4.75. The van der Waals surface area contributed by atoms with Crippen molar-refractivity contribution in [3.63, 3.8) is 0 Å². The molecule has 25 heavy (non-hydrogen) atoms. The number of nitrogens with two attached hydrogens (primary N) is 1. The van der Waals surface area contributed by atoms with Crippen LogP contribution >= 0.6 is 0 Å². The summed E-state index contributed by atoms with van der Waals surface area (Å²) in [4.78, 5) is 0. The second kappa shape index (κ2) is 7.24. The van der Waals surface area contributed by atoms with E-state index >= 15 is 0 Å². The largest absolute Gasteiger partial charge is 0.329 e. The minimum absolute atomic E-state index is 0.125. The lowest BCUT2D eigenvalue weighted by molar-refractivity contribution is 0.703. The molecule has 3 nitrogen and oxygen atoms in total. The number of hydrogen-bond donors (Lipinski definition) is 1. The maximum atomic E-state index is 6.25. The predicted molar refractivity (Wildman–Crippen MR) is 104 cm³/mol. The second-order valence-corrected chi connectivity index (χ2v) is 7.04. The van der Waals surface area contributed by atoms with Gasteiger partial charge in [-0.3, -0.25) is 0 Å².